The molecule has 0 aliphatic carbocycles. The number of amides is 1. The third-order valence-electron chi connectivity index (χ3n) is 2.69. The molecule has 0 atom stereocenters. The Labute approximate surface area is 98.3 Å². The highest BCUT2D eigenvalue weighted by molar-refractivity contribution is 5.76. The van der Waals surface area contributed by atoms with Gasteiger partial charge in [-0.3, -0.25) is 9.69 Å². The Morgan fingerprint density at radius 1 is 1.24 bits per heavy atom. The van der Waals surface area contributed by atoms with Crippen LogP contribution in [-0.2, 0) is 9.53 Å². The van der Waals surface area contributed by atoms with Crippen molar-refractivity contribution in [2.75, 3.05) is 46.4 Å². The lowest BCUT2D eigenvalue weighted by atomic mass is 10.2. The van der Waals surface area contributed by atoms with E-state index >= 15 is 0 Å². The standard InChI is InChI=1S/C10H17F3N2O2/c1-17-7-6-14-2-4-15(5-3-14)9(16)8-10(11,12)13/h2-8H2,1H3. The molecule has 1 rings (SSSR count). The van der Waals surface area contributed by atoms with Gasteiger partial charge < -0.3 is 9.64 Å². The van der Waals surface area contributed by atoms with Crippen molar-refractivity contribution >= 4 is 5.91 Å². The summed E-state index contributed by atoms with van der Waals surface area (Å²) in [6.07, 6.45) is -5.77. The molecular weight excluding hydrogens is 237 g/mol. The van der Waals surface area contributed by atoms with E-state index in [0.717, 1.165) is 6.54 Å². The number of piperazine rings is 1. The summed E-state index contributed by atoms with van der Waals surface area (Å²) in [5, 5.41) is 0. The lowest BCUT2D eigenvalue weighted by Crippen LogP contribution is -2.50. The maximum Gasteiger partial charge on any atom is 0.397 e. The maximum atomic E-state index is 12.0. The van der Waals surface area contributed by atoms with Crippen molar-refractivity contribution in [1.29, 1.82) is 0 Å². The molecule has 0 unspecified atom stereocenters. The van der Waals surface area contributed by atoms with Gasteiger partial charge in [0, 0.05) is 39.8 Å². The summed E-state index contributed by atoms with van der Waals surface area (Å²) in [6.45, 7) is 3.27. The molecule has 0 aromatic rings. The summed E-state index contributed by atoms with van der Waals surface area (Å²) in [5.41, 5.74) is 0. The highest BCUT2D eigenvalue weighted by Gasteiger charge is 2.34. The van der Waals surface area contributed by atoms with E-state index in [2.05, 4.69) is 4.90 Å². The van der Waals surface area contributed by atoms with Gasteiger partial charge in [0.05, 0.1) is 6.61 Å². The molecule has 1 heterocycles. The second-order valence-electron chi connectivity index (χ2n) is 4.01. The second kappa shape index (κ2) is 6.20. The average molecular weight is 254 g/mol. The number of alkyl halides is 3. The SMILES string of the molecule is COCCN1CCN(C(=O)CC(F)(F)F)CC1. The van der Waals surface area contributed by atoms with E-state index in [1.165, 1.54) is 4.90 Å². The lowest BCUT2D eigenvalue weighted by molar-refractivity contribution is -0.162. The predicted octanol–water partition coefficient (Wildman–Crippen LogP) is 0.729. The number of hydrogen-bond donors (Lipinski definition) is 0. The fraction of sp³-hybridized carbons (Fsp3) is 0.900. The summed E-state index contributed by atoms with van der Waals surface area (Å²) in [6, 6.07) is 0. The van der Waals surface area contributed by atoms with E-state index < -0.39 is 18.5 Å². The van der Waals surface area contributed by atoms with Crippen molar-refractivity contribution < 1.29 is 22.7 Å². The maximum absolute atomic E-state index is 12.0. The van der Waals surface area contributed by atoms with Gasteiger partial charge in [0.2, 0.25) is 5.91 Å². The van der Waals surface area contributed by atoms with Crippen molar-refractivity contribution in [2.45, 2.75) is 12.6 Å². The zero-order chi connectivity index (χ0) is 12.9. The number of carbonyl (C=O) groups excluding carboxylic acids is 1. The van der Waals surface area contributed by atoms with Gasteiger partial charge in [0.25, 0.3) is 0 Å². The minimum absolute atomic E-state index is 0.360. The third-order valence-corrected chi connectivity index (χ3v) is 2.69. The monoisotopic (exact) mass is 254 g/mol. The first-order valence-electron chi connectivity index (χ1n) is 5.48. The van der Waals surface area contributed by atoms with E-state index in [-0.39, 0.29) is 0 Å². The molecule has 1 saturated heterocycles. The second-order valence-corrected chi connectivity index (χ2v) is 4.01. The molecule has 4 nitrogen and oxygen atoms in total. The zero-order valence-corrected chi connectivity index (χ0v) is 9.79. The van der Waals surface area contributed by atoms with Gasteiger partial charge in [-0.05, 0) is 0 Å². The molecule has 1 aliphatic heterocycles. The molecule has 100 valence electrons. The summed E-state index contributed by atoms with van der Waals surface area (Å²) in [5.74, 6) is -0.830. The zero-order valence-electron chi connectivity index (χ0n) is 9.79. The van der Waals surface area contributed by atoms with Crippen LogP contribution in [-0.4, -0.2) is 68.3 Å². The smallest absolute Gasteiger partial charge is 0.383 e. The number of halogens is 3. The van der Waals surface area contributed by atoms with E-state index in [1.807, 2.05) is 0 Å². The van der Waals surface area contributed by atoms with Gasteiger partial charge in [0.1, 0.15) is 6.42 Å². The minimum atomic E-state index is -4.41. The fourth-order valence-electron chi connectivity index (χ4n) is 1.72. The Morgan fingerprint density at radius 2 is 1.82 bits per heavy atom. The van der Waals surface area contributed by atoms with Crippen LogP contribution in [0, 0.1) is 0 Å². The lowest BCUT2D eigenvalue weighted by Gasteiger charge is -2.34. The first-order valence-corrected chi connectivity index (χ1v) is 5.48. The molecule has 0 saturated carbocycles. The molecule has 7 heteroatoms. The van der Waals surface area contributed by atoms with E-state index in [4.69, 9.17) is 4.74 Å². The summed E-state index contributed by atoms with van der Waals surface area (Å²) >= 11 is 0. The molecule has 0 spiro atoms. The summed E-state index contributed by atoms with van der Waals surface area (Å²) < 4.78 is 41.0. The van der Waals surface area contributed by atoms with Crippen molar-refractivity contribution in [3.63, 3.8) is 0 Å². The van der Waals surface area contributed by atoms with Crippen LogP contribution in [0.4, 0.5) is 13.2 Å². The molecule has 17 heavy (non-hydrogen) atoms. The topological polar surface area (TPSA) is 32.8 Å². The normalized spacial score (nSPS) is 18.5. The van der Waals surface area contributed by atoms with Crippen LogP contribution < -0.4 is 0 Å². The molecule has 0 aromatic carbocycles. The number of carbonyl (C=O) groups is 1. The molecule has 0 aromatic heterocycles. The van der Waals surface area contributed by atoms with E-state index in [9.17, 15) is 18.0 Å². The largest absolute Gasteiger partial charge is 0.397 e. The van der Waals surface area contributed by atoms with Crippen molar-refractivity contribution in [1.82, 2.24) is 9.80 Å². The van der Waals surface area contributed by atoms with Gasteiger partial charge >= 0.3 is 6.18 Å². The van der Waals surface area contributed by atoms with Crippen LogP contribution in [0.2, 0.25) is 0 Å². The van der Waals surface area contributed by atoms with E-state index in [1.54, 1.807) is 7.11 Å². The first kappa shape index (κ1) is 14.2. The van der Waals surface area contributed by atoms with Gasteiger partial charge in [-0.1, -0.05) is 0 Å². The van der Waals surface area contributed by atoms with Crippen molar-refractivity contribution in [3.05, 3.63) is 0 Å². The van der Waals surface area contributed by atoms with Crippen LogP contribution in [0.15, 0.2) is 0 Å². The van der Waals surface area contributed by atoms with Gasteiger partial charge in [-0.25, -0.2) is 0 Å². The van der Waals surface area contributed by atoms with Crippen LogP contribution in [0.3, 0.4) is 0 Å². The number of rotatable bonds is 4. The summed E-state index contributed by atoms with van der Waals surface area (Å²) in [4.78, 5) is 14.6. The average Bonchev–Trinajstić information content (AvgIpc) is 2.24. The molecule has 0 bridgehead atoms. The Morgan fingerprint density at radius 3 is 2.29 bits per heavy atom. The van der Waals surface area contributed by atoms with Crippen LogP contribution in [0.25, 0.3) is 0 Å². The van der Waals surface area contributed by atoms with Gasteiger partial charge in [0.15, 0.2) is 0 Å². The quantitative estimate of drug-likeness (QED) is 0.741. The molecule has 1 aliphatic rings. The Hall–Kier alpha value is -0.820. The minimum Gasteiger partial charge on any atom is -0.383 e. The number of methoxy groups -OCH3 is 1. The van der Waals surface area contributed by atoms with E-state index in [0.29, 0.717) is 32.8 Å². The number of hydrogen-bond acceptors (Lipinski definition) is 3. The number of nitrogens with zero attached hydrogens (tertiary/aromatic N) is 2. The van der Waals surface area contributed by atoms with Crippen LogP contribution in [0.5, 0.6) is 0 Å². The Kier molecular flexibility index (Phi) is 5.20. The summed E-state index contributed by atoms with van der Waals surface area (Å²) in [7, 11) is 1.60. The molecule has 0 radical (unpaired) electrons. The highest BCUT2D eigenvalue weighted by Crippen LogP contribution is 2.21. The van der Waals surface area contributed by atoms with Crippen LogP contribution >= 0.6 is 0 Å². The van der Waals surface area contributed by atoms with Gasteiger partial charge in [-0.2, -0.15) is 13.2 Å². The highest BCUT2D eigenvalue weighted by atomic mass is 19.4. The Balaban J connectivity index is 2.29. The molecule has 1 fully saturated rings. The van der Waals surface area contributed by atoms with Crippen LogP contribution in [0.1, 0.15) is 6.42 Å². The van der Waals surface area contributed by atoms with Gasteiger partial charge in [-0.15, -0.1) is 0 Å². The predicted molar refractivity (Wildman–Crippen MR) is 55.6 cm³/mol. The first-order chi connectivity index (χ1) is 7.92. The third kappa shape index (κ3) is 5.36. The van der Waals surface area contributed by atoms with Crippen molar-refractivity contribution in [3.8, 4) is 0 Å². The molecular formula is C10H17F3N2O2. The molecule has 0 N–H and O–H groups in total. The molecule has 1 amide bonds. The van der Waals surface area contributed by atoms with Crippen molar-refractivity contribution in [2.24, 2.45) is 0 Å². The Bertz CT molecular complexity index is 250. The fourth-order valence-corrected chi connectivity index (χ4v) is 1.72. The number of ether oxygens (including phenoxy) is 1.